The van der Waals surface area contributed by atoms with E-state index in [1.807, 2.05) is 6.07 Å². The third-order valence-electron chi connectivity index (χ3n) is 5.01. The van der Waals surface area contributed by atoms with E-state index in [0.29, 0.717) is 29.4 Å². The van der Waals surface area contributed by atoms with Gasteiger partial charge in [0.05, 0.1) is 17.5 Å². The Morgan fingerprint density at radius 2 is 2.11 bits per heavy atom. The fourth-order valence-electron chi connectivity index (χ4n) is 3.68. The average molecular weight is 409 g/mol. The Hall–Kier alpha value is -1.71. The predicted molar refractivity (Wildman–Crippen MR) is 104 cm³/mol. The first kappa shape index (κ1) is 18.6. The number of benzene rings is 1. The lowest BCUT2D eigenvalue weighted by Gasteiger charge is -2.25. The fourth-order valence-corrected chi connectivity index (χ4v) is 7.60. The molecule has 3 fully saturated rings. The van der Waals surface area contributed by atoms with Crippen molar-refractivity contribution < 1.29 is 22.7 Å². The van der Waals surface area contributed by atoms with Crippen molar-refractivity contribution in [2.45, 2.75) is 37.2 Å². The summed E-state index contributed by atoms with van der Waals surface area (Å²) in [5.74, 6) is -0.320. The number of carbonyl (C=O) groups is 2. The zero-order valence-corrected chi connectivity index (χ0v) is 16.5. The highest BCUT2D eigenvalue weighted by Crippen LogP contribution is 2.41. The van der Waals surface area contributed by atoms with E-state index in [1.54, 1.807) is 23.1 Å². The van der Waals surface area contributed by atoms with Gasteiger partial charge < -0.3 is 9.64 Å². The number of sulfone groups is 1. The molecule has 3 aliphatic heterocycles. The molecule has 9 heteroatoms. The van der Waals surface area contributed by atoms with Crippen molar-refractivity contribution in [2.75, 3.05) is 23.0 Å². The number of thioether (sulfide) groups is 1. The number of ketones is 1. The molecule has 4 rings (SSSR count). The smallest absolute Gasteiger partial charge is 0.277 e. The van der Waals surface area contributed by atoms with Gasteiger partial charge in [0.15, 0.2) is 20.8 Å². The van der Waals surface area contributed by atoms with Crippen molar-refractivity contribution in [3.63, 3.8) is 0 Å². The normalized spacial score (nSPS) is 30.6. The number of fused-ring (bicyclic) bond motifs is 1. The number of Topliss-reactive ketones (excluding diaryl/α,β-unsaturated/α-hetero) is 1. The van der Waals surface area contributed by atoms with E-state index in [0.717, 1.165) is 6.42 Å². The Kier molecular flexibility index (Phi) is 4.85. The number of aliphatic imine (C=N–C) groups is 1. The number of anilines is 1. The highest BCUT2D eigenvalue weighted by molar-refractivity contribution is 8.16. The van der Waals surface area contributed by atoms with E-state index < -0.39 is 15.9 Å². The highest BCUT2D eigenvalue weighted by atomic mass is 32.2. The molecule has 0 aromatic heterocycles. The Balaban J connectivity index is 1.71. The molecule has 27 heavy (non-hydrogen) atoms. The standard InChI is InChI=1S/C18H20N2O5S2/c1-11(21)12-4-2-5-13(8-12)20-14-9-27(23,24)10-16(14)26-18(20)19-17(22)15-6-3-7-25-15/h2,4-5,8,14-16H,3,6-7,9-10H2,1H3/t14-,15-,16-/m0/s1. The van der Waals surface area contributed by atoms with Gasteiger partial charge in [0.1, 0.15) is 6.10 Å². The van der Waals surface area contributed by atoms with Gasteiger partial charge in [0.2, 0.25) is 0 Å². The third kappa shape index (κ3) is 3.68. The van der Waals surface area contributed by atoms with Crippen molar-refractivity contribution in [2.24, 2.45) is 4.99 Å². The second-order valence-corrected chi connectivity index (χ2v) is 10.4. The van der Waals surface area contributed by atoms with Crippen LogP contribution in [-0.2, 0) is 19.4 Å². The van der Waals surface area contributed by atoms with Gasteiger partial charge in [0.25, 0.3) is 5.91 Å². The number of carbonyl (C=O) groups excluding carboxylic acids is 2. The second kappa shape index (κ2) is 7.03. The zero-order chi connectivity index (χ0) is 19.2. The Bertz CT molecular complexity index is 921. The topological polar surface area (TPSA) is 93.1 Å². The minimum absolute atomic E-state index is 0.0160. The maximum Gasteiger partial charge on any atom is 0.277 e. The van der Waals surface area contributed by atoms with Gasteiger partial charge in [-0.1, -0.05) is 23.9 Å². The third-order valence-corrected chi connectivity index (χ3v) is 8.22. The van der Waals surface area contributed by atoms with Crippen molar-refractivity contribution in [1.29, 1.82) is 0 Å². The maximum atomic E-state index is 12.5. The summed E-state index contributed by atoms with van der Waals surface area (Å²) in [5, 5.41) is 0.313. The lowest BCUT2D eigenvalue weighted by Crippen LogP contribution is -2.38. The van der Waals surface area contributed by atoms with E-state index in [4.69, 9.17) is 4.74 Å². The van der Waals surface area contributed by atoms with Crippen LogP contribution in [0.1, 0.15) is 30.1 Å². The first-order valence-electron chi connectivity index (χ1n) is 8.85. The zero-order valence-electron chi connectivity index (χ0n) is 14.8. The van der Waals surface area contributed by atoms with Crippen LogP contribution in [0, 0.1) is 0 Å². The van der Waals surface area contributed by atoms with Crippen molar-refractivity contribution in [1.82, 2.24) is 0 Å². The molecule has 0 N–H and O–H groups in total. The second-order valence-electron chi connectivity index (χ2n) is 7.01. The minimum atomic E-state index is -3.13. The van der Waals surface area contributed by atoms with Crippen LogP contribution in [0.3, 0.4) is 0 Å². The largest absolute Gasteiger partial charge is 0.368 e. The van der Waals surface area contributed by atoms with Crippen molar-refractivity contribution in [3.05, 3.63) is 29.8 Å². The van der Waals surface area contributed by atoms with Crippen LogP contribution in [-0.4, -0.2) is 60.8 Å². The lowest BCUT2D eigenvalue weighted by molar-refractivity contribution is -0.126. The molecule has 0 aliphatic carbocycles. The molecular formula is C18H20N2O5S2. The summed E-state index contributed by atoms with van der Waals surface area (Å²) in [6.07, 6.45) is 0.969. The summed E-state index contributed by atoms with van der Waals surface area (Å²) in [7, 11) is -3.13. The SMILES string of the molecule is CC(=O)c1cccc(N2C(=NC(=O)[C@@H]3CCCO3)S[C@H]3CS(=O)(=O)C[C@@H]32)c1. The molecular weight excluding hydrogens is 388 g/mol. The van der Waals surface area contributed by atoms with Gasteiger partial charge in [-0.3, -0.25) is 9.59 Å². The highest BCUT2D eigenvalue weighted by Gasteiger charge is 2.49. The summed E-state index contributed by atoms with van der Waals surface area (Å²) < 4.78 is 29.6. The van der Waals surface area contributed by atoms with Gasteiger partial charge in [-0.15, -0.1) is 0 Å². The van der Waals surface area contributed by atoms with Crippen LogP contribution < -0.4 is 4.90 Å². The molecule has 0 spiro atoms. The fraction of sp³-hybridized carbons (Fsp3) is 0.500. The first-order valence-corrected chi connectivity index (χ1v) is 11.6. The lowest BCUT2D eigenvalue weighted by atomic mass is 10.1. The number of ether oxygens (including phenoxy) is 1. The molecule has 0 unspecified atom stereocenters. The number of hydrogen-bond donors (Lipinski definition) is 0. The Labute approximate surface area is 162 Å². The molecule has 3 heterocycles. The molecule has 1 aromatic carbocycles. The minimum Gasteiger partial charge on any atom is -0.368 e. The predicted octanol–water partition coefficient (Wildman–Crippen LogP) is 1.67. The Morgan fingerprint density at radius 1 is 1.30 bits per heavy atom. The average Bonchev–Trinajstić information content (AvgIpc) is 3.29. The molecule has 3 saturated heterocycles. The molecule has 0 bridgehead atoms. The van der Waals surface area contributed by atoms with Crippen LogP contribution in [0.15, 0.2) is 29.3 Å². The molecule has 144 valence electrons. The van der Waals surface area contributed by atoms with Gasteiger partial charge in [-0.25, -0.2) is 8.42 Å². The van der Waals surface area contributed by atoms with Gasteiger partial charge in [-0.05, 0) is 31.9 Å². The monoisotopic (exact) mass is 408 g/mol. The van der Waals surface area contributed by atoms with Crippen LogP contribution in [0.25, 0.3) is 0 Å². The summed E-state index contributed by atoms with van der Waals surface area (Å²) in [6, 6.07) is 6.71. The van der Waals surface area contributed by atoms with E-state index in [1.165, 1.54) is 18.7 Å². The number of hydrogen-bond acceptors (Lipinski definition) is 6. The van der Waals surface area contributed by atoms with E-state index >= 15 is 0 Å². The first-order chi connectivity index (χ1) is 12.8. The van der Waals surface area contributed by atoms with Crippen molar-refractivity contribution >= 4 is 44.1 Å². The van der Waals surface area contributed by atoms with Crippen LogP contribution in [0.2, 0.25) is 0 Å². The molecule has 3 aliphatic rings. The molecule has 1 amide bonds. The molecule has 1 aromatic rings. The van der Waals surface area contributed by atoms with Crippen LogP contribution >= 0.6 is 11.8 Å². The van der Waals surface area contributed by atoms with Crippen LogP contribution in [0.5, 0.6) is 0 Å². The molecule has 0 radical (unpaired) electrons. The van der Waals surface area contributed by atoms with E-state index in [2.05, 4.69) is 4.99 Å². The van der Waals surface area contributed by atoms with E-state index in [9.17, 15) is 18.0 Å². The summed E-state index contributed by atoms with van der Waals surface area (Å²) >= 11 is 1.32. The number of nitrogens with zero attached hydrogens (tertiary/aromatic N) is 2. The van der Waals surface area contributed by atoms with Crippen molar-refractivity contribution in [3.8, 4) is 0 Å². The Morgan fingerprint density at radius 3 is 2.81 bits per heavy atom. The van der Waals surface area contributed by atoms with E-state index in [-0.39, 0.29) is 34.5 Å². The number of amides is 1. The molecule has 0 saturated carbocycles. The summed E-state index contributed by atoms with van der Waals surface area (Å²) in [6.45, 7) is 2.04. The van der Waals surface area contributed by atoms with Crippen LogP contribution in [0.4, 0.5) is 5.69 Å². The molecule has 3 atom stereocenters. The number of amidine groups is 1. The summed E-state index contributed by atoms with van der Waals surface area (Å²) in [5.41, 5.74) is 1.21. The van der Waals surface area contributed by atoms with Gasteiger partial charge >= 0.3 is 0 Å². The number of rotatable bonds is 3. The summed E-state index contributed by atoms with van der Waals surface area (Å²) in [4.78, 5) is 30.3. The molecule has 7 nitrogen and oxygen atoms in total. The maximum absolute atomic E-state index is 12.5. The van der Waals surface area contributed by atoms with Gasteiger partial charge in [0, 0.05) is 23.1 Å². The quantitative estimate of drug-likeness (QED) is 0.702. The van der Waals surface area contributed by atoms with Gasteiger partial charge in [-0.2, -0.15) is 4.99 Å².